The quantitative estimate of drug-likeness (QED) is 0.499. The Morgan fingerprint density at radius 1 is 0.769 bits per heavy atom. The Hall–Kier alpha value is -1.66. The van der Waals surface area contributed by atoms with Gasteiger partial charge in [-0.1, -0.05) is 23.2 Å². The number of hydrazone groups is 2. The summed E-state index contributed by atoms with van der Waals surface area (Å²) in [5.74, 6) is -0.656. The second-order valence-corrected chi connectivity index (χ2v) is 7.27. The monoisotopic (exact) mass is 398 g/mol. The number of nitrogens with zero attached hydrogens (tertiary/aromatic N) is 2. The zero-order valence-corrected chi connectivity index (χ0v) is 16.2. The topological polar surface area (TPSA) is 82.9 Å². The third kappa shape index (κ3) is 7.30. The molecule has 0 aromatic rings. The van der Waals surface area contributed by atoms with Crippen LogP contribution in [0.15, 0.2) is 31.4 Å². The highest BCUT2D eigenvalue weighted by molar-refractivity contribution is 6.31. The van der Waals surface area contributed by atoms with Gasteiger partial charge in [-0.05, 0) is 62.5 Å². The number of hydrogen-bond acceptors (Lipinski definition) is 4. The van der Waals surface area contributed by atoms with Crippen LogP contribution in [0.2, 0.25) is 0 Å². The molecule has 0 aliphatic heterocycles. The molecule has 0 atom stereocenters. The SMILES string of the molecule is O=C(CCC(=O)N/N=C\C1=C(Cl)CCCC1)N/N=C\C1=C(Cl)CCCC1. The van der Waals surface area contributed by atoms with E-state index >= 15 is 0 Å². The van der Waals surface area contributed by atoms with Gasteiger partial charge < -0.3 is 0 Å². The van der Waals surface area contributed by atoms with Crippen molar-refractivity contribution in [1.82, 2.24) is 10.9 Å². The molecule has 0 spiro atoms. The van der Waals surface area contributed by atoms with Gasteiger partial charge in [0.2, 0.25) is 11.8 Å². The molecule has 2 amide bonds. The van der Waals surface area contributed by atoms with Gasteiger partial charge in [-0.25, -0.2) is 10.9 Å². The summed E-state index contributed by atoms with van der Waals surface area (Å²) in [7, 11) is 0. The normalized spacial score (nSPS) is 18.7. The maximum atomic E-state index is 11.7. The molecule has 0 fully saturated rings. The van der Waals surface area contributed by atoms with Crippen LogP contribution >= 0.6 is 23.2 Å². The minimum atomic E-state index is -0.328. The summed E-state index contributed by atoms with van der Waals surface area (Å²) in [5.41, 5.74) is 6.75. The Kier molecular flexibility index (Phi) is 8.85. The molecule has 2 aliphatic carbocycles. The van der Waals surface area contributed by atoms with Gasteiger partial charge in [0, 0.05) is 22.9 Å². The molecule has 6 nitrogen and oxygen atoms in total. The van der Waals surface area contributed by atoms with E-state index in [0.717, 1.165) is 72.6 Å². The third-order valence-electron chi connectivity index (χ3n) is 4.28. The lowest BCUT2D eigenvalue weighted by Crippen LogP contribution is -2.23. The van der Waals surface area contributed by atoms with Crippen LogP contribution in [0, 0.1) is 0 Å². The van der Waals surface area contributed by atoms with Crippen molar-refractivity contribution in [2.75, 3.05) is 0 Å². The highest BCUT2D eigenvalue weighted by Gasteiger charge is 2.10. The highest BCUT2D eigenvalue weighted by atomic mass is 35.5. The summed E-state index contributed by atoms with van der Waals surface area (Å²) >= 11 is 12.2. The smallest absolute Gasteiger partial charge is 0.240 e. The molecule has 26 heavy (non-hydrogen) atoms. The van der Waals surface area contributed by atoms with Crippen LogP contribution < -0.4 is 10.9 Å². The lowest BCUT2D eigenvalue weighted by Gasteiger charge is -2.12. The largest absolute Gasteiger partial charge is 0.273 e. The predicted molar refractivity (Wildman–Crippen MR) is 105 cm³/mol. The van der Waals surface area contributed by atoms with Crippen molar-refractivity contribution in [3.63, 3.8) is 0 Å². The second-order valence-electron chi connectivity index (χ2n) is 6.36. The van der Waals surface area contributed by atoms with Crippen LogP contribution in [-0.4, -0.2) is 24.2 Å². The molecule has 0 aromatic carbocycles. The van der Waals surface area contributed by atoms with E-state index in [1.165, 1.54) is 0 Å². The predicted octanol–water partition coefficient (Wildman–Crippen LogP) is 4.10. The summed E-state index contributed by atoms with van der Waals surface area (Å²) in [6.07, 6.45) is 11.0. The maximum Gasteiger partial charge on any atom is 0.240 e. The van der Waals surface area contributed by atoms with Crippen LogP contribution in [0.4, 0.5) is 0 Å². The second kappa shape index (κ2) is 11.1. The van der Waals surface area contributed by atoms with Crippen molar-refractivity contribution >= 4 is 47.4 Å². The lowest BCUT2D eigenvalue weighted by atomic mass is 10.0. The van der Waals surface area contributed by atoms with E-state index in [1.54, 1.807) is 12.4 Å². The molecule has 0 heterocycles. The first-order chi connectivity index (χ1) is 12.6. The van der Waals surface area contributed by atoms with Gasteiger partial charge in [0.1, 0.15) is 0 Å². The molecule has 8 heteroatoms. The van der Waals surface area contributed by atoms with Gasteiger partial charge in [-0.3, -0.25) is 9.59 Å². The molecule has 2 rings (SSSR count). The molecule has 2 N–H and O–H groups in total. The number of carbonyl (C=O) groups excluding carboxylic acids is 2. The Balaban J connectivity index is 1.66. The minimum Gasteiger partial charge on any atom is -0.273 e. The molecule has 0 saturated heterocycles. The first-order valence-corrected chi connectivity index (χ1v) is 9.70. The average Bonchev–Trinajstić information content (AvgIpc) is 2.63. The van der Waals surface area contributed by atoms with Gasteiger partial charge in [0.05, 0.1) is 12.4 Å². The molecule has 0 aromatic heterocycles. The van der Waals surface area contributed by atoms with Crippen LogP contribution in [0.1, 0.15) is 64.2 Å². The van der Waals surface area contributed by atoms with Crippen molar-refractivity contribution in [3.8, 4) is 0 Å². The molecule has 2 aliphatic rings. The number of halogens is 2. The van der Waals surface area contributed by atoms with Gasteiger partial charge in [-0.2, -0.15) is 10.2 Å². The van der Waals surface area contributed by atoms with Gasteiger partial charge >= 0.3 is 0 Å². The summed E-state index contributed by atoms with van der Waals surface area (Å²) < 4.78 is 0. The van der Waals surface area contributed by atoms with E-state index in [9.17, 15) is 9.59 Å². The van der Waals surface area contributed by atoms with Gasteiger partial charge in [0.15, 0.2) is 0 Å². The van der Waals surface area contributed by atoms with E-state index in [2.05, 4.69) is 21.1 Å². The molecule has 0 unspecified atom stereocenters. The fraction of sp³-hybridized carbons (Fsp3) is 0.556. The number of amides is 2. The van der Waals surface area contributed by atoms with Gasteiger partial charge in [0.25, 0.3) is 0 Å². The fourth-order valence-electron chi connectivity index (χ4n) is 2.76. The molecular weight excluding hydrogens is 375 g/mol. The Bertz CT molecular complexity index is 598. The fourth-order valence-corrected chi connectivity index (χ4v) is 3.31. The third-order valence-corrected chi connectivity index (χ3v) is 5.14. The zero-order valence-electron chi connectivity index (χ0n) is 14.7. The number of allylic oxidation sites excluding steroid dienone is 4. The van der Waals surface area contributed by atoms with Crippen molar-refractivity contribution in [3.05, 3.63) is 21.2 Å². The first-order valence-electron chi connectivity index (χ1n) is 8.95. The Morgan fingerprint density at radius 3 is 1.54 bits per heavy atom. The molecule has 0 saturated carbocycles. The average molecular weight is 399 g/mol. The number of hydrogen-bond donors (Lipinski definition) is 2. The van der Waals surface area contributed by atoms with Crippen molar-refractivity contribution in [2.24, 2.45) is 10.2 Å². The summed E-state index contributed by atoms with van der Waals surface area (Å²) in [6.45, 7) is 0. The zero-order chi connectivity index (χ0) is 18.8. The van der Waals surface area contributed by atoms with E-state index in [-0.39, 0.29) is 24.7 Å². The van der Waals surface area contributed by atoms with E-state index in [0.29, 0.717) is 0 Å². The van der Waals surface area contributed by atoms with Crippen LogP contribution in [-0.2, 0) is 9.59 Å². The number of nitrogens with one attached hydrogen (secondary N) is 2. The standard InChI is InChI=1S/C18H24Cl2N4O2/c19-15-7-3-1-5-13(15)11-21-23-17(25)9-10-18(26)24-22-12-14-6-2-4-8-16(14)20/h11-12H,1-10H2,(H,23,25)(H,24,26)/b21-11-,22-12-. The highest BCUT2D eigenvalue weighted by Crippen LogP contribution is 2.26. The van der Waals surface area contributed by atoms with E-state index < -0.39 is 0 Å². The van der Waals surface area contributed by atoms with Gasteiger partial charge in [-0.15, -0.1) is 0 Å². The first kappa shape index (κ1) is 20.6. The Morgan fingerprint density at radius 2 is 1.15 bits per heavy atom. The number of carbonyl (C=O) groups is 2. The summed E-state index contributed by atoms with van der Waals surface area (Å²) in [5, 5.41) is 9.42. The summed E-state index contributed by atoms with van der Waals surface area (Å²) in [4.78, 5) is 23.4. The minimum absolute atomic E-state index is 0.0366. The van der Waals surface area contributed by atoms with Crippen LogP contribution in [0.5, 0.6) is 0 Å². The summed E-state index contributed by atoms with van der Waals surface area (Å²) in [6, 6.07) is 0. The van der Waals surface area contributed by atoms with Crippen molar-refractivity contribution in [2.45, 2.75) is 64.2 Å². The molecule has 0 radical (unpaired) electrons. The number of rotatable bonds is 7. The molecule has 142 valence electrons. The van der Waals surface area contributed by atoms with Crippen molar-refractivity contribution in [1.29, 1.82) is 0 Å². The molecule has 0 bridgehead atoms. The van der Waals surface area contributed by atoms with E-state index in [1.807, 2.05) is 0 Å². The maximum absolute atomic E-state index is 11.7. The lowest BCUT2D eigenvalue weighted by molar-refractivity contribution is -0.126. The molecular formula is C18H24Cl2N4O2. The van der Waals surface area contributed by atoms with Crippen LogP contribution in [0.3, 0.4) is 0 Å². The van der Waals surface area contributed by atoms with Crippen LogP contribution in [0.25, 0.3) is 0 Å². The Labute approximate surface area is 163 Å². The van der Waals surface area contributed by atoms with E-state index in [4.69, 9.17) is 23.2 Å². The van der Waals surface area contributed by atoms with Crippen molar-refractivity contribution < 1.29 is 9.59 Å².